The minimum Gasteiger partial charge on any atom is -0.479 e. The Morgan fingerprint density at radius 1 is 0.433 bits per heavy atom. The molecule has 2 aliphatic carbocycles. The predicted octanol–water partition coefficient (Wildman–Crippen LogP) is 11.5. The third kappa shape index (κ3) is 22.4. The number of aliphatic hydroxyl groups is 1. The Morgan fingerprint density at radius 2 is 0.750 bits per heavy atom. The number of imide groups is 1. The summed E-state index contributed by atoms with van der Waals surface area (Å²) in [6.45, 7) is 4.86. The maximum absolute atomic E-state index is 12.4. The highest BCUT2D eigenvalue weighted by atomic mass is 16.8. The summed E-state index contributed by atoms with van der Waals surface area (Å²) in [6.07, 6.45) is -4.45. The highest BCUT2D eigenvalue weighted by Crippen LogP contribution is 2.46. The van der Waals surface area contributed by atoms with Gasteiger partial charge in [0.25, 0.3) is 11.8 Å². The summed E-state index contributed by atoms with van der Waals surface area (Å²) in [4.78, 5) is 121. The van der Waals surface area contributed by atoms with Gasteiger partial charge in [0.15, 0.2) is 18.1 Å². The first-order chi connectivity index (χ1) is 50.3. The number of nitrogens with zero attached hydrogens (tertiary/aromatic N) is 3. The standard InChI is InChI=1S/C20H20N2O5.C20H22N2O5.C19H15NO5.C19H21NO5/c1-12(22-26-2)18(19(23)24)21-20(25)27-11-17-15-9-5-3-7-13(15)14-8-4-6-10-16(14)17;1-15(22-25-2)18(19(23)26-13-16-9-5-3-6-10-16)21-20(24)27-14-17-11-7-4-8-12-17;21-17-9-10-18(22)20(17)25-19(23)24-11-16-14-7-3-1-5-12(14)13-6-2-4-8-15(13)16;1-14(21)17(18(22)24-12-15-8-4-2-5-9-15)20-19(23)25-13-16-10-6-3-7-11-16/h3-10,17-18H,11H2,1-2H3,(H,21,25)(H,23,24);3-12,18H,13-14H2,1-2H3,(H,21,24);1-8,16H,9-11H2;2-11,14,17,21H,12-13H2,1H3,(H,20,23)/b22-12+;22-15+;;/t2*18-;;14-,17+/m00.1/s1. The van der Waals surface area contributed by atoms with Gasteiger partial charge in [-0.2, -0.15) is 0 Å². The largest absolute Gasteiger partial charge is 0.533 e. The number of aliphatic hydroxyl groups excluding tert-OH is 1. The number of oxime groups is 2. The number of hydrogen-bond donors (Lipinski definition) is 5. The summed E-state index contributed by atoms with van der Waals surface area (Å²) in [6, 6.07) is 64.9. The van der Waals surface area contributed by atoms with Crippen LogP contribution in [0, 0.1) is 0 Å². The van der Waals surface area contributed by atoms with Crippen LogP contribution in [0.4, 0.5) is 19.2 Å². The Labute approximate surface area is 599 Å². The van der Waals surface area contributed by atoms with E-state index in [4.69, 9.17) is 38.1 Å². The molecule has 11 rings (SSSR count). The van der Waals surface area contributed by atoms with Crippen LogP contribution in [0.3, 0.4) is 0 Å². The number of ether oxygens (including phenoxy) is 6. The zero-order valence-corrected chi connectivity index (χ0v) is 57.5. The fourth-order valence-corrected chi connectivity index (χ4v) is 11.0. The van der Waals surface area contributed by atoms with E-state index < -0.39 is 78.4 Å². The molecule has 3 aliphatic rings. The zero-order valence-electron chi connectivity index (χ0n) is 57.5. The molecule has 1 heterocycles. The van der Waals surface area contributed by atoms with Crippen LogP contribution in [0.1, 0.15) is 90.0 Å². The van der Waals surface area contributed by atoms with Crippen LogP contribution in [0.25, 0.3) is 22.3 Å². The number of carbonyl (C=O) groups excluding carboxylic acids is 8. The van der Waals surface area contributed by atoms with Crippen molar-refractivity contribution in [2.24, 2.45) is 10.3 Å². The highest BCUT2D eigenvalue weighted by molar-refractivity contribution is 6.07. The summed E-state index contributed by atoms with van der Waals surface area (Å²) in [5, 5.41) is 33.9. The van der Waals surface area contributed by atoms with Crippen LogP contribution >= 0.6 is 0 Å². The summed E-state index contributed by atoms with van der Waals surface area (Å²) in [7, 11) is 2.65. The van der Waals surface area contributed by atoms with Crippen LogP contribution in [-0.2, 0) is 93.3 Å². The van der Waals surface area contributed by atoms with Crippen molar-refractivity contribution >= 4 is 65.6 Å². The van der Waals surface area contributed by atoms with Gasteiger partial charge in [-0.25, -0.2) is 33.6 Å². The first kappa shape index (κ1) is 77.0. The Kier molecular flexibility index (Phi) is 29.1. The number of fused-ring (bicyclic) bond motifs is 6. The number of nitrogens with one attached hydrogen (secondary N) is 3. The average molecular weight is 1420 g/mol. The maximum Gasteiger partial charge on any atom is 0.533 e. The van der Waals surface area contributed by atoms with Crippen molar-refractivity contribution in [2.45, 2.75) is 96.1 Å². The van der Waals surface area contributed by atoms with E-state index in [1.165, 1.54) is 28.1 Å². The molecule has 26 heteroatoms. The second-order valence-electron chi connectivity index (χ2n) is 23.3. The average Bonchev–Trinajstić information content (AvgIpc) is 1.62. The van der Waals surface area contributed by atoms with Crippen molar-refractivity contribution in [3.8, 4) is 22.3 Å². The molecule has 1 fully saturated rings. The third-order valence-corrected chi connectivity index (χ3v) is 16.0. The number of alkyl carbamates (subject to hydrolysis) is 3. The van der Waals surface area contributed by atoms with Crippen molar-refractivity contribution in [1.82, 2.24) is 21.0 Å². The number of hydroxylamine groups is 2. The fourth-order valence-electron chi connectivity index (χ4n) is 11.0. The van der Waals surface area contributed by atoms with E-state index in [1.807, 2.05) is 218 Å². The number of aliphatic carboxylic acids is 1. The smallest absolute Gasteiger partial charge is 0.479 e. The van der Waals surface area contributed by atoms with Gasteiger partial charge in [-0.05, 0) is 87.5 Å². The quantitative estimate of drug-likeness (QED) is 0.0123. The van der Waals surface area contributed by atoms with Gasteiger partial charge in [0, 0.05) is 24.7 Å². The first-order valence-corrected chi connectivity index (χ1v) is 32.8. The van der Waals surface area contributed by atoms with Gasteiger partial charge in [-0.3, -0.25) is 14.4 Å². The van der Waals surface area contributed by atoms with Crippen LogP contribution in [0.2, 0.25) is 0 Å². The van der Waals surface area contributed by atoms with Gasteiger partial charge in [0.05, 0.1) is 17.5 Å². The molecule has 26 nitrogen and oxygen atoms in total. The topological polar surface area (TPSA) is 341 Å². The van der Waals surface area contributed by atoms with Crippen molar-refractivity contribution in [3.63, 3.8) is 0 Å². The molecule has 0 spiro atoms. The van der Waals surface area contributed by atoms with E-state index in [-0.39, 0.29) is 75.7 Å². The van der Waals surface area contributed by atoms with Crippen LogP contribution in [-0.4, -0.2) is 133 Å². The van der Waals surface area contributed by atoms with E-state index in [0.717, 1.165) is 66.8 Å². The minimum absolute atomic E-state index is 0.0511. The van der Waals surface area contributed by atoms with Gasteiger partial charge in [-0.1, -0.05) is 234 Å². The molecule has 1 aliphatic heterocycles. The predicted molar refractivity (Wildman–Crippen MR) is 378 cm³/mol. The number of amides is 5. The number of carboxylic acids is 1. The summed E-state index contributed by atoms with van der Waals surface area (Å²) < 4.78 is 31.2. The van der Waals surface area contributed by atoms with Crippen molar-refractivity contribution in [2.75, 3.05) is 27.4 Å². The van der Waals surface area contributed by atoms with Gasteiger partial charge in [0.2, 0.25) is 0 Å². The number of benzene rings is 8. The zero-order chi connectivity index (χ0) is 74.3. The van der Waals surface area contributed by atoms with E-state index in [2.05, 4.69) is 31.1 Å². The van der Waals surface area contributed by atoms with Crippen molar-refractivity contribution < 1.29 is 96.3 Å². The molecule has 8 aromatic rings. The molecular formula is C78H78N6O20. The first-order valence-electron chi connectivity index (χ1n) is 32.8. The number of esters is 2. The van der Waals surface area contributed by atoms with E-state index in [1.54, 1.807) is 6.92 Å². The monoisotopic (exact) mass is 1420 g/mol. The molecule has 0 saturated carbocycles. The number of carboxylic acid groups (broad SMARTS) is 1. The molecule has 0 aromatic heterocycles. The summed E-state index contributed by atoms with van der Waals surface area (Å²) in [5.74, 6) is -3.90. The maximum atomic E-state index is 12.4. The van der Waals surface area contributed by atoms with Gasteiger partial charge in [0.1, 0.15) is 53.9 Å². The summed E-state index contributed by atoms with van der Waals surface area (Å²) in [5.41, 5.74) is 12.4. The summed E-state index contributed by atoms with van der Waals surface area (Å²) >= 11 is 0. The van der Waals surface area contributed by atoms with Gasteiger partial charge >= 0.3 is 42.3 Å². The Hall–Kier alpha value is -12.7. The molecule has 5 N–H and O–H groups in total. The van der Waals surface area contributed by atoms with Crippen LogP contribution in [0.5, 0.6) is 0 Å². The Balaban J connectivity index is 0.000000176. The molecule has 0 bridgehead atoms. The fraction of sp³-hybridized carbons (Fsp3) is 0.244. The Bertz CT molecular complexity index is 4190. The van der Waals surface area contributed by atoms with E-state index in [0.29, 0.717) is 5.06 Å². The van der Waals surface area contributed by atoms with Gasteiger partial charge in [-0.15, -0.1) is 0 Å². The number of hydrogen-bond acceptors (Lipinski definition) is 21. The Morgan fingerprint density at radius 3 is 1.12 bits per heavy atom. The lowest BCUT2D eigenvalue weighted by molar-refractivity contribution is -0.177. The molecule has 1 saturated heterocycles. The molecule has 8 aromatic carbocycles. The molecule has 0 unspecified atom stereocenters. The SMILES string of the molecule is CO/N=C(\C)[C@H](NC(=O)OCC1c2ccccc2-c2ccccc21)C(=O)O.CO/N=C(\C)[C@H](NC(=O)OCc1ccccc1)C(=O)OCc1ccccc1.C[C@@H](O)[C@H](NC(=O)OCc1ccccc1)C(=O)OCc1ccccc1.O=C(OCC1c2ccccc2-c2ccccc21)ON1C(=O)CCC1=O. The number of rotatable bonds is 24. The lowest BCUT2D eigenvalue weighted by atomic mass is 9.98. The second-order valence-corrected chi connectivity index (χ2v) is 23.3. The second kappa shape index (κ2) is 39.3. The third-order valence-electron chi connectivity index (χ3n) is 16.0. The molecule has 104 heavy (non-hydrogen) atoms. The molecule has 0 radical (unpaired) electrons. The lowest BCUT2D eigenvalue weighted by Gasteiger charge is -2.19. The molecule has 4 atom stereocenters. The minimum atomic E-state index is -1.32. The van der Waals surface area contributed by atoms with Crippen LogP contribution < -0.4 is 16.0 Å². The molecule has 540 valence electrons. The van der Waals surface area contributed by atoms with Crippen molar-refractivity contribution in [3.05, 3.63) is 263 Å². The lowest BCUT2D eigenvalue weighted by Crippen LogP contribution is -2.48. The highest BCUT2D eigenvalue weighted by Gasteiger charge is 2.36. The molecule has 5 amide bonds. The normalized spacial score (nSPS) is 13.7. The van der Waals surface area contributed by atoms with Crippen molar-refractivity contribution in [1.29, 1.82) is 0 Å². The van der Waals surface area contributed by atoms with E-state index >= 15 is 0 Å². The van der Waals surface area contributed by atoms with Crippen LogP contribution in [0.15, 0.2) is 229 Å². The van der Waals surface area contributed by atoms with E-state index in [9.17, 15) is 53.4 Å². The number of carbonyl (C=O) groups is 9. The molecular weight excluding hydrogens is 1340 g/mol. The van der Waals surface area contributed by atoms with Gasteiger partial charge < -0.3 is 64.3 Å².